The van der Waals surface area contributed by atoms with Crippen LogP contribution in [0.15, 0.2) is 36.4 Å². The van der Waals surface area contributed by atoms with Gasteiger partial charge in [0, 0.05) is 22.9 Å². The fraction of sp³-hybridized carbons (Fsp3) is 0.375. The molecule has 3 heteroatoms. The molecule has 0 aliphatic rings. The fourth-order valence-corrected chi connectivity index (χ4v) is 3.30. The summed E-state index contributed by atoms with van der Waals surface area (Å²) in [6.45, 7) is 2.81. The van der Waals surface area contributed by atoms with Crippen LogP contribution in [-0.2, 0) is 11.3 Å². The second-order valence-electron chi connectivity index (χ2n) is 4.69. The van der Waals surface area contributed by atoms with E-state index in [9.17, 15) is 0 Å². The number of hydrogen-bond acceptors (Lipinski definition) is 3. The van der Waals surface area contributed by atoms with Gasteiger partial charge in [-0.2, -0.15) is 0 Å². The molecule has 2 aromatic rings. The number of benzene rings is 1. The van der Waals surface area contributed by atoms with Gasteiger partial charge in [0.25, 0.3) is 0 Å². The van der Waals surface area contributed by atoms with Gasteiger partial charge in [-0.05, 0) is 29.7 Å². The first-order valence-corrected chi connectivity index (χ1v) is 7.50. The predicted octanol–water partition coefficient (Wildman–Crippen LogP) is 4.36. The molecule has 0 spiro atoms. The molecule has 0 saturated heterocycles. The van der Waals surface area contributed by atoms with Crippen LogP contribution in [0, 0.1) is 0 Å². The van der Waals surface area contributed by atoms with E-state index in [1.54, 1.807) is 18.4 Å². The van der Waals surface area contributed by atoms with Gasteiger partial charge in [-0.3, -0.25) is 0 Å². The highest BCUT2D eigenvalue weighted by molar-refractivity contribution is 7.15. The second-order valence-corrected chi connectivity index (χ2v) is 5.80. The Hall–Kier alpha value is -1.16. The summed E-state index contributed by atoms with van der Waals surface area (Å²) in [5.41, 5.74) is 8.66. The van der Waals surface area contributed by atoms with Gasteiger partial charge in [0.1, 0.15) is 0 Å². The molecule has 19 heavy (non-hydrogen) atoms. The van der Waals surface area contributed by atoms with Crippen LogP contribution < -0.4 is 5.73 Å². The average molecular weight is 275 g/mol. The Labute approximate surface area is 119 Å². The van der Waals surface area contributed by atoms with Crippen molar-refractivity contribution in [1.82, 2.24) is 0 Å². The zero-order valence-corrected chi connectivity index (χ0v) is 12.4. The number of hydrogen-bond donors (Lipinski definition) is 1. The number of nitrogens with two attached hydrogens (primary N) is 1. The zero-order chi connectivity index (χ0) is 13.7. The van der Waals surface area contributed by atoms with Crippen molar-refractivity contribution >= 4 is 11.3 Å². The lowest BCUT2D eigenvalue weighted by molar-refractivity contribution is 0.185. The smallest absolute Gasteiger partial charge is 0.0719 e. The third-order valence-electron chi connectivity index (χ3n) is 3.17. The molecule has 2 N–H and O–H groups in total. The maximum atomic E-state index is 6.18. The van der Waals surface area contributed by atoms with Crippen LogP contribution >= 0.6 is 11.3 Å². The highest BCUT2D eigenvalue weighted by Gasteiger charge is 2.11. The number of ether oxygens (including phenoxy) is 1. The Morgan fingerprint density at radius 1 is 1.21 bits per heavy atom. The van der Waals surface area contributed by atoms with Crippen LogP contribution in [0.3, 0.4) is 0 Å². The van der Waals surface area contributed by atoms with E-state index in [4.69, 9.17) is 10.5 Å². The van der Waals surface area contributed by atoms with E-state index in [1.807, 2.05) is 0 Å². The minimum Gasteiger partial charge on any atom is -0.380 e. The number of rotatable bonds is 6. The maximum Gasteiger partial charge on any atom is 0.0719 e. The zero-order valence-electron chi connectivity index (χ0n) is 11.6. The third kappa shape index (κ3) is 3.44. The van der Waals surface area contributed by atoms with Crippen molar-refractivity contribution in [2.45, 2.75) is 32.4 Å². The molecule has 102 valence electrons. The Kier molecular flexibility index (Phi) is 5.14. The molecule has 0 aliphatic heterocycles. The highest BCUT2D eigenvalue weighted by Crippen LogP contribution is 2.34. The fourth-order valence-electron chi connectivity index (χ4n) is 2.19. The van der Waals surface area contributed by atoms with Gasteiger partial charge in [0.15, 0.2) is 0 Å². The van der Waals surface area contributed by atoms with Gasteiger partial charge < -0.3 is 10.5 Å². The van der Waals surface area contributed by atoms with Crippen molar-refractivity contribution in [1.29, 1.82) is 0 Å². The van der Waals surface area contributed by atoms with Crippen molar-refractivity contribution in [2.75, 3.05) is 7.11 Å². The molecule has 0 saturated carbocycles. The van der Waals surface area contributed by atoms with Crippen LogP contribution in [0.25, 0.3) is 10.4 Å². The van der Waals surface area contributed by atoms with E-state index in [1.165, 1.54) is 20.9 Å². The number of thiophene rings is 1. The minimum absolute atomic E-state index is 0.165. The van der Waals surface area contributed by atoms with E-state index < -0.39 is 0 Å². The third-order valence-corrected chi connectivity index (χ3v) is 4.43. The lowest BCUT2D eigenvalue weighted by atomic mass is 10.1. The summed E-state index contributed by atoms with van der Waals surface area (Å²) in [5, 5.41) is 0. The van der Waals surface area contributed by atoms with Crippen molar-refractivity contribution in [2.24, 2.45) is 5.73 Å². The van der Waals surface area contributed by atoms with Crippen molar-refractivity contribution in [3.8, 4) is 10.4 Å². The Morgan fingerprint density at radius 3 is 2.74 bits per heavy atom. The molecule has 1 atom stereocenters. The van der Waals surface area contributed by atoms with Crippen LogP contribution in [0.2, 0.25) is 0 Å². The summed E-state index contributed by atoms with van der Waals surface area (Å²) in [6, 6.07) is 12.9. The molecule has 1 heterocycles. The lowest BCUT2D eigenvalue weighted by Gasteiger charge is -2.08. The SMILES string of the molecule is CCCC(N)c1ccc(-c2ccccc2COC)s1. The average Bonchev–Trinajstić information content (AvgIpc) is 2.90. The molecule has 2 rings (SSSR count). The van der Waals surface area contributed by atoms with Crippen molar-refractivity contribution in [3.05, 3.63) is 46.8 Å². The van der Waals surface area contributed by atoms with Gasteiger partial charge in [-0.15, -0.1) is 11.3 Å². The summed E-state index contributed by atoms with van der Waals surface area (Å²) in [5.74, 6) is 0. The molecular formula is C16H21NOS. The summed E-state index contributed by atoms with van der Waals surface area (Å²) in [7, 11) is 1.73. The molecule has 0 aliphatic carbocycles. The lowest BCUT2D eigenvalue weighted by Crippen LogP contribution is -2.07. The number of methoxy groups -OCH3 is 1. The quantitative estimate of drug-likeness (QED) is 0.850. The van der Waals surface area contributed by atoms with Crippen molar-refractivity contribution < 1.29 is 4.74 Å². The molecular weight excluding hydrogens is 254 g/mol. The maximum absolute atomic E-state index is 6.18. The molecule has 2 nitrogen and oxygen atoms in total. The first-order chi connectivity index (χ1) is 9.26. The van der Waals surface area contributed by atoms with Gasteiger partial charge >= 0.3 is 0 Å². The van der Waals surface area contributed by atoms with E-state index >= 15 is 0 Å². The highest BCUT2D eigenvalue weighted by atomic mass is 32.1. The minimum atomic E-state index is 0.165. The monoisotopic (exact) mass is 275 g/mol. The van der Waals surface area contributed by atoms with Gasteiger partial charge in [-0.1, -0.05) is 37.6 Å². The first-order valence-electron chi connectivity index (χ1n) is 6.68. The Balaban J connectivity index is 2.27. The topological polar surface area (TPSA) is 35.2 Å². The summed E-state index contributed by atoms with van der Waals surface area (Å²) >= 11 is 1.79. The molecule has 1 unspecified atom stereocenters. The van der Waals surface area contributed by atoms with Gasteiger partial charge in [0.2, 0.25) is 0 Å². The summed E-state index contributed by atoms with van der Waals surface area (Å²) in [6.07, 6.45) is 2.16. The second kappa shape index (κ2) is 6.85. The van der Waals surface area contributed by atoms with Crippen molar-refractivity contribution in [3.63, 3.8) is 0 Å². The van der Waals surface area contributed by atoms with E-state index in [0.29, 0.717) is 6.61 Å². The summed E-state index contributed by atoms with van der Waals surface area (Å²) < 4.78 is 5.26. The van der Waals surface area contributed by atoms with Gasteiger partial charge in [-0.25, -0.2) is 0 Å². The molecule has 0 bridgehead atoms. The summed E-state index contributed by atoms with van der Waals surface area (Å²) in [4.78, 5) is 2.54. The Morgan fingerprint density at radius 2 is 2.00 bits per heavy atom. The standard InChI is InChI=1S/C16H21NOS/c1-3-6-14(17)16-10-9-15(19-16)13-8-5-4-7-12(13)11-18-2/h4-5,7-10,14H,3,6,11,17H2,1-2H3. The molecule has 0 fully saturated rings. The van der Waals surface area contributed by atoms with E-state index in [2.05, 4.69) is 43.3 Å². The van der Waals surface area contributed by atoms with Crippen LogP contribution in [-0.4, -0.2) is 7.11 Å². The molecule has 0 radical (unpaired) electrons. The Bertz CT molecular complexity index is 521. The van der Waals surface area contributed by atoms with Crippen LogP contribution in [0.1, 0.15) is 36.2 Å². The van der Waals surface area contributed by atoms with E-state index in [0.717, 1.165) is 12.8 Å². The van der Waals surface area contributed by atoms with Crippen LogP contribution in [0.5, 0.6) is 0 Å². The normalized spacial score (nSPS) is 12.6. The predicted molar refractivity (Wildman–Crippen MR) is 82.3 cm³/mol. The molecule has 1 aromatic heterocycles. The van der Waals surface area contributed by atoms with Crippen LogP contribution in [0.4, 0.5) is 0 Å². The van der Waals surface area contributed by atoms with E-state index in [-0.39, 0.29) is 6.04 Å². The first kappa shape index (κ1) is 14.3. The largest absolute Gasteiger partial charge is 0.380 e. The van der Waals surface area contributed by atoms with Gasteiger partial charge in [0.05, 0.1) is 6.61 Å². The molecule has 0 amide bonds. The molecule has 1 aromatic carbocycles.